The number of hydrogen-bond donors (Lipinski definition) is 2. The van der Waals surface area contributed by atoms with Gasteiger partial charge in [-0.2, -0.15) is 0 Å². The van der Waals surface area contributed by atoms with Crippen molar-refractivity contribution in [1.82, 2.24) is 5.32 Å². The third-order valence-corrected chi connectivity index (χ3v) is 7.82. The fourth-order valence-electron chi connectivity index (χ4n) is 5.21. The minimum absolute atomic E-state index is 0.00906. The lowest BCUT2D eigenvalue weighted by Gasteiger charge is -2.39. The van der Waals surface area contributed by atoms with Gasteiger partial charge in [0.1, 0.15) is 5.75 Å². The van der Waals surface area contributed by atoms with E-state index in [1.807, 2.05) is 30.0 Å². The van der Waals surface area contributed by atoms with Crippen molar-refractivity contribution in [3.05, 3.63) is 18.2 Å². The summed E-state index contributed by atoms with van der Waals surface area (Å²) in [7, 11) is 1.64. The molecule has 10 heteroatoms. The van der Waals surface area contributed by atoms with Crippen molar-refractivity contribution >= 4 is 29.1 Å². The number of nitrogens with zero attached hydrogens (tertiary/aromatic N) is 2. The Bertz CT molecular complexity index is 1080. The van der Waals surface area contributed by atoms with Gasteiger partial charge >= 0.3 is 0 Å². The summed E-state index contributed by atoms with van der Waals surface area (Å²) in [6, 6.07) is 5.74. The number of carbonyl (C=O) groups excluding carboxylic acids is 3. The number of benzene rings is 1. The van der Waals surface area contributed by atoms with Crippen LogP contribution in [0.5, 0.6) is 5.75 Å². The monoisotopic (exact) mass is 588 g/mol. The molecule has 1 aliphatic carbocycles. The number of piperidine rings is 1. The number of nitrogens with two attached hydrogens (primary N) is 1. The number of rotatable bonds is 11. The molecule has 3 amide bonds. The Labute approximate surface area is 251 Å². The number of anilines is 2. The lowest BCUT2D eigenvalue weighted by Crippen LogP contribution is -2.53. The molecule has 0 radical (unpaired) electrons. The predicted molar refractivity (Wildman–Crippen MR) is 165 cm³/mol. The number of nitrogens with one attached hydrogen (secondary N) is 1. The van der Waals surface area contributed by atoms with E-state index in [-0.39, 0.29) is 35.6 Å². The minimum Gasteiger partial charge on any atom is -0.476 e. The molecule has 236 valence electrons. The van der Waals surface area contributed by atoms with Crippen LogP contribution < -0.4 is 25.6 Å². The highest BCUT2D eigenvalue weighted by Gasteiger charge is 2.43. The third-order valence-electron chi connectivity index (χ3n) is 7.82. The number of ether oxygens (including phenoxy) is 3. The summed E-state index contributed by atoms with van der Waals surface area (Å²) < 4.78 is 16.4. The molecule has 10 nitrogen and oxygen atoms in total. The first-order valence-corrected chi connectivity index (χ1v) is 15.3. The molecule has 1 saturated heterocycles. The number of primary amides is 1. The van der Waals surface area contributed by atoms with E-state index in [2.05, 4.69) is 26.1 Å². The zero-order valence-corrected chi connectivity index (χ0v) is 26.7. The molecule has 1 aromatic rings. The molecule has 0 bridgehead atoms. The number of fused-ring (bicyclic) bond motifs is 1. The highest BCUT2D eigenvalue weighted by atomic mass is 16.5. The second kappa shape index (κ2) is 14.7. The lowest BCUT2D eigenvalue weighted by atomic mass is 9.89. The first-order chi connectivity index (χ1) is 19.8. The van der Waals surface area contributed by atoms with Crippen molar-refractivity contribution in [3.63, 3.8) is 0 Å². The van der Waals surface area contributed by atoms with Crippen LogP contribution in [0.2, 0.25) is 0 Å². The maximum Gasteiger partial charge on any atom is 0.270 e. The fraction of sp³-hybridized carbons (Fsp3) is 0.719. The maximum absolute atomic E-state index is 13.6. The van der Waals surface area contributed by atoms with E-state index in [4.69, 9.17) is 19.9 Å². The average molecular weight is 589 g/mol. The molecule has 2 heterocycles. The largest absolute Gasteiger partial charge is 0.476 e. The summed E-state index contributed by atoms with van der Waals surface area (Å²) >= 11 is 0. The van der Waals surface area contributed by atoms with Gasteiger partial charge in [-0.15, -0.1) is 0 Å². The van der Waals surface area contributed by atoms with E-state index >= 15 is 0 Å². The van der Waals surface area contributed by atoms with E-state index in [1.165, 1.54) is 0 Å². The third kappa shape index (κ3) is 9.15. The molecule has 1 saturated carbocycles. The Balaban J connectivity index is 0.000000467. The maximum atomic E-state index is 13.6. The number of methoxy groups -OCH3 is 1. The smallest absolute Gasteiger partial charge is 0.270 e. The van der Waals surface area contributed by atoms with Crippen molar-refractivity contribution in [3.8, 4) is 5.75 Å². The van der Waals surface area contributed by atoms with Crippen LogP contribution in [-0.4, -0.2) is 75.9 Å². The topological polar surface area (TPSA) is 123 Å². The number of carbonyl (C=O) groups is 3. The lowest BCUT2D eigenvalue weighted by molar-refractivity contribution is -0.132. The molecular formula is C32H52N4O6. The van der Waals surface area contributed by atoms with Crippen molar-refractivity contribution in [2.75, 3.05) is 56.4 Å². The SMILES string of the molecule is CCOCCC(C)(C)C.COCCCN1C(=O)C(C)(C)Oc2ccc(N(C(=O)C3CNCC(C(N)=O)C3)C3CC3)cc21. The molecule has 2 unspecified atom stereocenters. The van der Waals surface area contributed by atoms with Crippen molar-refractivity contribution in [2.45, 2.75) is 85.3 Å². The zero-order valence-electron chi connectivity index (χ0n) is 26.7. The van der Waals surface area contributed by atoms with E-state index in [0.717, 1.165) is 38.2 Å². The molecule has 2 aliphatic heterocycles. The van der Waals surface area contributed by atoms with Crippen molar-refractivity contribution < 1.29 is 28.6 Å². The second-order valence-electron chi connectivity index (χ2n) is 13.2. The molecule has 1 aromatic carbocycles. The van der Waals surface area contributed by atoms with Crippen LogP contribution in [0.1, 0.15) is 73.6 Å². The average Bonchev–Trinajstić information content (AvgIpc) is 3.76. The van der Waals surface area contributed by atoms with Crippen LogP contribution >= 0.6 is 0 Å². The number of hydrogen-bond acceptors (Lipinski definition) is 7. The molecule has 0 spiro atoms. The van der Waals surface area contributed by atoms with Crippen LogP contribution in [0.4, 0.5) is 11.4 Å². The van der Waals surface area contributed by atoms with Gasteiger partial charge in [0.25, 0.3) is 5.91 Å². The van der Waals surface area contributed by atoms with Crippen molar-refractivity contribution in [1.29, 1.82) is 0 Å². The van der Waals surface area contributed by atoms with Gasteiger partial charge in [-0.3, -0.25) is 14.4 Å². The summed E-state index contributed by atoms with van der Waals surface area (Å²) in [5.41, 5.74) is 6.38. The number of amides is 3. The Morgan fingerprint density at radius 2 is 1.86 bits per heavy atom. The second-order valence-corrected chi connectivity index (χ2v) is 13.2. The normalized spacial score (nSPS) is 21.5. The first kappa shape index (κ1) is 33.8. The van der Waals surface area contributed by atoms with Crippen LogP contribution in [0, 0.1) is 17.3 Å². The van der Waals surface area contributed by atoms with Crippen LogP contribution in [0.15, 0.2) is 18.2 Å². The molecule has 0 aromatic heterocycles. The van der Waals surface area contributed by atoms with Gasteiger partial charge in [-0.1, -0.05) is 20.8 Å². The van der Waals surface area contributed by atoms with Crippen LogP contribution in [0.3, 0.4) is 0 Å². The quantitative estimate of drug-likeness (QED) is 0.376. The summed E-state index contributed by atoms with van der Waals surface area (Å²) in [5.74, 6) is -0.545. The van der Waals surface area contributed by atoms with Gasteiger partial charge in [0.05, 0.1) is 17.5 Å². The minimum atomic E-state index is -0.967. The van der Waals surface area contributed by atoms with Crippen LogP contribution in [0.25, 0.3) is 0 Å². The first-order valence-electron chi connectivity index (χ1n) is 15.3. The molecule has 2 atom stereocenters. The predicted octanol–water partition coefficient (Wildman–Crippen LogP) is 3.89. The van der Waals surface area contributed by atoms with Gasteiger partial charge < -0.3 is 35.1 Å². The summed E-state index contributed by atoms with van der Waals surface area (Å²) in [5, 5.41) is 3.18. The van der Waals surface area contributed by atoms with Gasteiger partial charge in [-0.25, -0.2) is 0 Å². The van der Waals surface area contributed by atoms with Gasteiger partial charge in [0, 0.05) is 58.3 Å². The van der Waals surface area contributed by atoms with E-state index in [9.17, 15) is 14.4 Å². The van der Waals surface area contributed by atoms with E-state index in [0.29, 0.717) is 55.9 Å². The van der Waals surface area contributed by atoms with Gasteiger partial charge in [-0.05, 0) is 76.5 Å². The standard InChI is InChI=1S/C24H34N4O5.C8H18O/c1-24(2)23(31)27(9-4-10-32-3)19-12-18(7-8-20(19)33-24)28(17-5-6-17)22(30)16-11-15(21(25)29)13-26-14-16;1-5-9-7-6-8(2,3)4/h7-8,12,15-17,26H,4-6,9-11,13-14H2,1-3H3,(H2,25,29);5-7H2,1-4H3. The Morgan fingerprint density at radius 3 is 2.45 bits per heavy atom. The highest BCUT2D eigenvalue weighted by molar-refractivity contribution is 6.04. The molecule has 4 rings (SSSR count). The molecule has 3 aliphatic rings. The highest BCUT2D eigenvalue weighted by Crippen LogP contribution is 2.43. The fourth-order valence-corrected chi connectivity index (χ4v) is 5.21. The Hall–Kier alpha value is -2.69. The summed E-state index contributed by atoms with van der Waals surface area (Å²) in [6.07, 6.45) is 4.16. The van der Waals surface area contributed by atoms with Crippen molar-refractivity contribution in [2.24, 2.45) is 23.0 Å². The van der Waals surface area contributed by atoms with Gasteiger partial charge in [0.15, 0.2) is 5.60 Å². The summed E-state index contributed by atoms with van der Waals surface area (Å²) in [4.78, 5) is 42.0. The molecule has 2 fully saturated rings. The van der Waals surface area contributed by atoms with E-state index < -0.39 is 5.60 Å². The Kier molecular flexibility index (Phi) is 11.8. The van der Waals surface area contributed by atoms with Crippen LogP contribution in [-0.2, 0) is 23.9 Å². The Morgan fingerprint density at radius 1 is 1.17 bits per heavy atom. The zero-order chi connectivity index (χ0) is 31.1. The van der Waals surface area contributed by atoms with E-state index in [1.54, 1.807) is 25.9 Å². The molecule has 3 N–H and O–H groups in total. The summed E-state index contributed by atoms with van der Waals surface area (Å²) in [6.45, 7) is 16.1. The molecule has 42 heavy (non-hydrogen) atoms. The molecular weight excluding hydrogens is 536 g/mol. The van der Waals surface area contributed by atoms with Gasteiger partial charge in [0.2, 0.25) is 11.8 Å².